The summed E-state index contributed by atoms with van der Waals surface area (Å²) in [6.07, 6.45) is 0. The second-order valence-electron chi connectivity index (χ2n) is 7.09. The normalized spacial score (nSPS) is 15.2. The van der Waals surface area contributed by atoms with Gasteiger partial charge in [-0.05, 0) is 42.3 Å². The molecule has 3 aromatic rings. The van der Waals surface area contributed by atoms with Gasteiger partial charge in [0.25, 0.3) is 10.0 Å². The van der Waals surface area contributed by atoms with E-state index in [4.69, 9.17) is 4.74 Å². The Labute approximate surface area is 180 Å². The first-order valence-electron chi connectivity index (χ1n) is 9.66. The van der Waals surface area contributed by atoms with Gasteiger partial charge in [-0.1, -0.05) is 48.5 Å². The molecule has 158 valence electrons. The van der Waals surface area contributed by atoms with Crippen LogP contribution >= 0.6 is 0 Å². The van der Waals surface area contributed by atoms with Crippen LogP contribution in [0.15, 0.2) is 82.7 Å². The Morgan fingerprint density at radius 3 is 2.58 bits per heavy atom. The van der Waals surface area contributed by atoms with Crippen molar-refractivity contribution < 1.29 is 17.9 Å². The third-order valence-corrected chi connectivity index (χ3v) is 6.09. The molecular weight excluding hydrogens is 414 g/mol. The van der Waals surface area contributed by atoms with Crippen LogP contribution < -0.4 is 14.8 Å². The minimum absolute atomic E-state index is 0.157. The maximum atomic E-state index is 12.5. The minimum atomic E-state index is -3.64. The van der Waals surface area contributed by atoms with E-state index in [1.54, 1.807) is 24.3 Å². The van der Waals surface area contributed by atoms with Gasteiger partial charge in [0, 0.05) is 5.56 Å². The number of nitrogens with one attached hydrogen (secondary N) is 2. The molecule has 0 spiro atoms. The lowest BCUT2D eigenvalue weighted by molar-refractivity contribution is -0.114. The summed E-state index contributed by atoms with van der Waals surface area (Å²) in [5, 5.41) is 2.79. The maximum absolute atomic E-state index is 12.5. The van der Waals surface area contributed by atoms with Gasteiger partial charge in [0.05, 0.1) is 10.6 Å². The Kier molecular flexibility index (Phi) is 5.73. The largest absolute Gasteiger partial charge is 0.487 e. The van der Waals surface area contributed by atoms with E-state index in [2.05, 4.69) is 15.0 Å². The number of hydrogen-bond donors (Lipinski definition) is 2. The number of rotatable bonds is 6. The Balaban J connectivity index is 1.46. The van der Waals surface area contributed by atoms with Gasteiger partial charge in [-0.25, -0.2) is 8.42 Å². The van der Waals surface area contributed by atoms with E-state index in [9.17, 15) is 13.2 Å². The summed E-state index contributed by atoms with van der Waals surface area (Å²) in [5.41, 5.74) is 3.00. The number of carbonyl (C=O) groups is 1. The molecule has 1 heterocycles. The topological polar surface area (TPSA) is 96.9 Å². The molecule has 0 saturated carbocycles. The zero-order valence-corrected chi connectivity index (χ0v) is 17.6. The molecule has 7 nitrogen and oxygen atoms in total. The highest BCUT2D eigenvalue weighted by Gasteiger charge is 2.30. The molecule has 0 aromatic heterocycles. The summed E-state index contributed by atoms with van der Waals surface area (Å²) in [6, 6.07) is 21.8. The van der Waals surface area contributed by atoms with E-state index in [-0.39, 0.29) is 23.2 Å². The van der Waals surface area contributed by atoms with Crippen molar-refractivity contribution in [3.8, 4) is 5.75 Å². The zero-order valence-electron chi connectivity index (χ0n) is 16.8. The molecule has 8 heteroatoms. The fraction of sp³-hybridized carbons (Fsp3) is 0.130. The van der Waals surface area contributed by atoms with Gasteiger partial charge < -0.3 is 10.1 Å². The fourth-order valence-corrected chi connectivity index (χ4v) is 4.43. The predicted octanol–water partition coefficient (Wildman–Crippen LogP) is 3.25. The number of aryl methyl sites for hydroxylation is 1. The Bertz CT molecular complexity index is 1250. The van der Waals surface area contributed by atoms with Crippen molar-refractivity contribution in [2.45, 2.75) is 18.4 Å². The van der Waals surface area contributed by atoms with Gasteiger partial charge in [-0.15, -0.1) is 0 Å². The second kappa shape index (κ2) is 8.61. The van der Waals surface area contributed by atoms with Gasteiger partial charge in [0.1, 0.15) is 24.7 Å². The quantitative estimate of drug-likeness (QED) is 0.621. The molecule has 0 atom stereocenters. The molecule has 0 fully saturated rings. The number of amides is 1. The second-order valence-corrected chi connectivity index (χ2v) is 8.74. The van der Waals surface area contributed by atoms with Gasteiger partial charge in [0.15, 0.2) is 0 Å². The maximum Gasteiger partial charge on any atom is 0.263 e. The molecule has 2 N–H and O–H groups in total. The van der Waals surface area contributed by atoms with Crippen LogP contribution in [0.1, 0.15) is 16.7 Å². The molecule has 4 rings (SSSR count). The molecule has 1 aliphatic rings. The Hall–Kier alpha value is -3.65. The van der Waals surface area contributed by atoms with Crippen molar-refractivity contribution in [2.24, 2.45) is 4.99 Å². The van der Waals surface area contributed by atoms with Crippen molar-refractivity contribution >= 4 is 27.5 Å². The van der Waals surface area contributed by atoms with Crippen LogP contribution in [0.5, 0.6) is 5.75 Å². The number of sulfonamides is 1. The lowest BCUT2D eigenvalue weighted by atomic mass is 10.2. The third kappa shape index (κ3) is 4.75. The summed E-state index contributed by atoms with van der Waals surface area (Å²) >= 11 is 0. The molecule has 1 aliphatic heterocycles. The lowest BCUT2D eigenvalue weighted by Crippen LogP contribution is -2.24. The number of aliphatic imine (C=N–C) groups is 1. The molecular formula is C23H21N3O4S. The summed E-state index contributed by atoms with van der Waals surface area (Å²) < 4.78 is 32.6. The number of hydrogen-bond acceptors (Lipinski definition) is 5. The first-order chi connectivity index (χ1) is 14.9. The molecule has 0 saturated heterocycles. The van der Waals surface area contributed by atoms with E-state index in [0.717, 1.165) is 11.1 Å². The van der Waals surface area contributed by atoms with Crippen molar-refractivity contribution in [3.63, 3.8) is 0 Å². The molecule has 0 unspecified atom stereocenters. The van der Waals surface area contributed by atoms with Crippen molar-refractivity contribution in [1.29, 1.82) is 0 Å². The van der Waals surface area contributed by atoms with Gasteiger partial charge in [-0.3, -0.25) is 14.5 Å². The summed E-state index contributed by atoms with van der Waals surface area (Å²) in [4.78, 5) is 16.8. The van der Waals surface area contributed by atoms with Crippen LogP contribution in [0.2, 0.25) is 0 Å². The molecule has 0 aliphatic carbocycles. The zero-order chi connectivity index (χ0) is 21.8. The van der Waals surface area contributed by atoms with Crippen molar-refractivity contribution in [2.75, 3.05) is 11.9 Å². The number of benzene rings is 3. The number of nitrogens with zero attached hydrogens (tertiary/aromatic N) is 1. The first-order valence-corrected chi connectivity index (χ1v) is 11.1. The van der Waals surface area contributed by atoms with Crippen LogP contribution in [0.25, 0.3) is 0 Å². The highest BCUT2D eigenvalue weighted by atomic mass is 32.2. The van der Waals surface area contributed by atoms with Crippen LogP contribution in [0, 0.1) is 6.92 Å². The van der Waals surface area contributed by atoms with E-state index < -0.39 is 10.0 Å². The number of fused-ring (bicyclic) bond motifs is 1. The number of ether oxygens (including phenoxy) is 1. The van der Waals surface area contributed by atoms with E-state index >= 15 is 0 Å². The van der Waals surface area contributed by atoms with Crippen molar-refractivity contribution in [3.05, 3.63) is 89.5 Å². The number of amidine groups is 1. The smallest absolute Gasteiger partial charge is 0.263 e. The molecule has 1 amide bonds. The summed E-state index contributed by atoms with van der Waals surface area (Å²) in [5.74, 6) is 0.330. The number of carbonyl (C=O) groups excluding carboxylic acids is 1. The monoisotopic (exact) mass is 435 g/mol. The van der Waals surface area contributed by atoms with E-state index in [1.165, 1.54) is 6.07 Å². The molecule has 0 bridgehead atoms. The van der Waals surface area contributed by atoms with Crippen LogP contribution in [0.3, 0.4) is 0 Å². The fourth-order valence-electron chi connectivity index (χ4n) is 3.18. The lowest BCUT2D eigenvalue weighted by Gasteiger charge is -2.13. The Morgan fingerprint density at radius 1 is 1.03 bits per heavy atom. The van der Waals surface area contributed by atoms with Crippen LogP contribution in [0.4, 0.5) is 5.69 Å². The molecule has 3 aromatic carbocycles. The highest BCUT2D eigenvalue weighted by Crippen LogP contribution is 2.27. The first kappa shape index (κ1) is 20.6. The third-order valence-electron chi connectivity index (χ3n) is 4.69. The molecule has 31 heavy (non-hydrogen) atoms. The average molecular weight is 436 g/mol. The van der Waals surface area contributed by atoms with Crippen LogP contribution in [-0.2, 0) is 21.4 Å². The summed E-state index contributed by atoms with van der Waals surface area (Å²) in [7, 11) is -3.64. The standard InChI is InChI=1S/C23H21N3O4S/c1-16-11-12-19(20(13-16)30-15-17-7-3-2-4-8-17)25-22(27)14-24-23-18-9-5-6-10-21(18)31(28,29)26-23/h2-13H,14-15H2,1H3,(H,24,26)(H,25,27). The number of anilines is 1. The van der Waals surface area contributed by atoms with Crippen LogP contribution in [-0.4, -0.2) is 26.7 Å². The van der Waals surface area contributed by atoms with E-state index in [0.29, 0.717) is 23.6 Å². The molecule has 0 radical (unpaired) electrons. The predicted molar refractivity (Wildman–Crippen MR) is 119 cm³/mol. The van der Waals surface area contributed by atoms with E-state index in [1.807, 2.05) is 49.4 Å². The van der Waals surface area contributed by atoms with Gasteiger partial charge in [-0.2, -0.15) is 0 Å². The SMILES string of the molecule is Cc1ccc(NC(=O)CN=C2NS(=O)(=O)c3ccccc32)c(OCc2ccccc2)c1. The van der Waals surface area contributed by atoms with Crippen molar-refractivity contribution in [1.82, 2.24) is 4.72 Å². The summed E-state index contributed by atoms with van der Waals surface area (Å²) in [6.45, 7) is 2.07. The minimum Gasteiger partial charge on any atom is -0.487 e. The average Bonchev–Trinajstić information content (AvgIpc) is 3.03. The Morgan fingerprint density at radius 2 is 1.77 bits per heavy atom. The van der Waals surface area contributed by atoms with Gasteiger partial charge in [0.2, 0.25) is 5.91 Å². The highest BCUT2D eigenvalue weighted by molar-refractivity contribution is 7.90. The van der Waals surface area contributed by atoms with Gasteiger partial charge >= 0.3 is 0 Å².